The van der Waals surface area contributed by atoms with E-state index in [2.05, 4.69) is 15.0 Å². The topological polar surface area (TPSA) is 119 Å². The number of rotatable bonds is 4. The maximum Gasteiger partial charge on any atom is 0.232 e. The Labute approximate surface area is 133 Å². The van der Waals surface area contributed by atoms with E-state index in [-0.39, 0.29) is 36.5 Å². The van der Waals surface area contributed by atoms with E-state index in [1.807, 2.05) is 12.1 Å². The van der Waals surface area contributed by atoms with E-state index < -0.39 is 10.0 Å². The zero-order valence-corrected chi connectivity index (χ0v) is 13.0. The largest absolute Gasteiger partial charge is 0.280 e. The van der Waals surface area contributed by atoms with E-state index in [1.54, 1.807) is 24.7 Å². The van der Waals surface area contributed by atoms with Crippen LogP contribution in [-0.2, 0) is 14.8 Å². The van der Waals surface area contributed by atoms with Crippen LogP contribution in [0.2, 0.25) is 0 Å². The third-order valence-corrected chi connectivity index (χ3v) is 4.47. The van der Waals surface area contributed by atoms with E-state index in [9.17, 15) is 13.2 Å². The summed E-state index contributed by atoms with van der Waals surface area (Å²) in [5.74, 6) is -0.503. The molecule has 2 aromatic rings. The van der Waals surface area contributed by atoms with Gasteiger partial charge in [0, 0.05) is 43.0 Å². The molecule has 9 heteroatoms. The molecular formula is C14H15N5O3S. The Hall–Kier alpha value is -2.39. The Morgan fingerprint density at radius 1 is 1.22 bits per heavy atom. The Balaban J connectivity index is 1.84. The molecule has 2 N–H and O–H groups in total. The van der Waals surface area contributed by atoms with Crippen LogP contribution in [0.4, 0.5) is 5.95 Å². The van der Waals surface area contributed by atoms with Gasteiger partial charge in [-0.2, -0.15) is 0 Å². The van der Waals surface area contributed by atoms with Crippen molar-refractivity contribution in [2.75, 3.05) is 17.2 Å². The second-order valence-corrected chi connectivity index (χ2v) is 7.04. The fraction of sp³-hybridized carbons (Fsp3) is 0.286. The van der Waals surface area contributed by atoms with Crippen molar-refractivity contribution < 1.29 is 13.2 Å². The van der Waals surface area contributed by atoms with Crippen LogP contribution in [0.15, 0.2) is 36.8 Å². The quantitative estimate of drug-likeness (QED) is 0.852. The molecular weight excluding hydrogens is 318 g/mol. The summed E-state index contributed by atoms with van der Waals surface area (Å²) >= 11 is 0. The summed E-state index contributed by atoms with van der Waals surface area (Å²) in [4.78, 5) is 26.0. The minimum absolute atomic E-state index is 0.124. The smallest absolute Gasteiger partial charge is 0.232 e. The van der Waals surface area contributed by atoms with E-state index >= 15 is 0 Å². The summed E-state index contributed by atoms with van der Waals surface area (Å²) in [6.07, 6.45) is 5.00. The molecule has 3 rings (SSSR count). The molecule has 3 heterocycles. The monoisotopic (exact) mass is 333 g/mol. The molecule has 1 unspecified atom stereocenters. The maximum absolute atomic E-state index is 12.1. The van der Waals surface area contributed by atoms with Crippen LogP contribution >= 0.6 is 0 Å². The fourth-order valence-electron chi connectivity index (χ4n) is 2.58. The van der Waals surface area contributed by atoms with Crippen molar-refractivity contribution in [3.05, 3.63) is 36.8 Å². The summed E-state index contributed by atoms with van der Waals surface area (Å²) in [6, 6.07) is 5.35. The van der Waals surface area contributed by atoms with Gasteiger partial charge in [-0.25, -0.2) is 23.5 Å². The average Bonchev–Trinajstić information content (AvgIpc) is 2.87. The van der Waals surface area contributed by atoms with Crippen molar-refractivity contribution >= 4 is 21.9 Å². The lowest BCUT2D eigenvalue weighted by Gasteiger charge is -2.15. The number of primary sulfonamides is 1. The van der Waals surface area contributed by atoms with E-state index in [4.69, 9.17) is 5.14 Å². The number of hydrogen-bond donors (Lipinski definition) is 1. The standard InChI is InChI=1S/C14H15N5O3S/c15-23(21,22)9-10-7-13(20)19(8-10)14-17-6-3-12(18-14)11-1-4-16-5-2-11/h1-6,10H,7-9H2,(H2,15,21,22). The molecule has 0 spiro atoms. The van der Waals surface area contributed by atoms with Crippen LogP contribution in [-0.4, -0.2) is 41.6 Å². The van der Waals surface area contributed by atoms with Crippen molar-refractivity contribution in [2.24, 2.45) is 11.1 Å². The van der Waals surface area contributed by atoms with E-state index in [0.717, 1.165) is 5.56 Å². The van der Waals surface area contributed by atoms with Crippen LogP contribution in [0.1, 0.15) is 6.42 Å². The van der Waals surface area contributed by atoms with Crippen LogP contribution in [0, 0.1) is 5.92 Å². The van der Waals surface area contributed by atoms with Gasteiger partial charge >= 0.3 is 0 Å². The maximum atomic E-state index is 12.1. The molecule has 0 aromatic carbocycles. The zero-order valence-electron chi connectivity index (χ0n) is 12.2. The Kier molecular flexibility index (Phi) is 4.05. The highest BCUT2D eigenvalue weighted by Gasteiger charge is 2.34. The number of aromatic nitrogens is 3. The van der Waals surface area contributed by atoms with Crippen LogP contribution in [0.5, 0.6) is 0 Å². The molecule has 0 radical (unpaired) electrons. The van der Waals surface area contributed by atoms with Crippen molar-refractivity contribution in [2.45, 2.75) is 6.42 Å². The number of nitrogens with zero attached hydrogens (tertiary/aromatic N) is 4. The third-order valence-electron chi connectivity index (χ3n) is 3.53. The number of hydrogen-bond acceptors (Lipinski definition) is 6. The van der Waals surface area contributed by atoms with Gasteiger partial charge in [0.25, 0.3) is 0 Å². The summed E-state index contributed by atoms with van der Waals surface area (Å²) < 4.78 is 22.4. The molecule has 0 saturated carbocycles. The average molecular weight is 333 g/mol. The van der Waals surface area contributed by atoms with Gasteiger partial charge in [-0.15, -0.1) is 0 Å². The molecule has 1 aliphatic rings. The van der Waals surface area contributed by atoms with Crippen molar-refractivity contribution in [1.82, 2.24) is 15.0 Å². The molecule has 0 aliphatic carbocycles. The molecule has 1 aliphatic heterocycles. The molecule has 8 nitrogen and oxygen atoms in total. The molecule has 120 valence electrons. The first kappa shape index (κ1) is 15.5. The molecule has 1 saturated heterocycles. The Morgan fingerprint density at radius 2 is 1.96 bits per heavy atom. The van der Waals surface area contributed by atoms with Gasteiger partial charge in [0.1, 0.15) is 0 Å². The van der Waals surface area contributed by atoms with Gasteiger partial charge in [-0.1, -0.05) is 0 Å². The minimum atomic E-state index is -3.61. The number of carbonyl (C=O) groups is 1. The van der Waals surface area contributed by atoms with Gasteiger partial charge in [-0.05, 0) is 18.2 Å². The van der Waals surface area contributed by atoms with Gasteiger partial charge < -0.3 is 0 Å². The predicted molar refractivity (Wildman–Crippen MR) is 83.7 cm³/mol. The van der Waals surface area contributed by atoms with Crippen molar-refractivity contribution in [3.8, 4) is 11.3 Å². The highest BCUT2D eigenvalue weighted by Crippen LogP contribution is 2.25. The molecule has 23 heavy (non-hydrogen) atoms. The normalized spacial score (nSPS) is 18.4. The number of sulfonamides is 1. The number of carbonyl (C=O) groups excluding carboxylic acids is 1. The number of amides is 1. The Bertz CT molecular complexity index is 825. The first-order valence-corrected chi connectivity index (χ1v) is 8.68. The lowest BCUT2D eigenvalue weighted by molar-refractivity contribution is -0.117. The highest BCUT2D eigenvalue weighted by molar-refractivity contribution is 7.89. The van der Waals surface area contributed by atoms with Gasteiger partial charge in [0.2, 0.25) is 21.9 Å². The Morgan fingerprint density at radius 3 is 2.65 bits per heavy atom. The summed E-state index contributed by atoms with van der Waals surface area (Å²) in [5, 5.41) is 5.05. The molecule has 0 bridgehead atoms. The second kappa shape index (κ2) is 6.01. The van der Waals surface area contributed by atoms with Crippen LogP contribution in [0.25, 0.3) is 11.3 Å². The van der Waals surface area contributed by atoms with Crippen molar-refractivity contribution in [1.29, 1.82) is 0 Å². The zero-order chi connectivity index (χ0) is 16.4. The van der Waals surface area contributed by atoms with Crippen molar-refractivity contribution in [3.63, 3.8) is 0 Å². The lowest BCUT2D eigenvalue weighted by atomic mass is 10.1. The first-order chi connectivity index (χ1) is 10.9. The molecule has 1 amide bonds. The summed E-state index contributed by atoms with van der Waals surface area (Å²) in [6.45, 7) is 0.245. The molecule has 2 aromatic heterocycles. The van der Waals surface area contributed by atoms with Crippen LogP contribution in [0.3, 0.4) is 0 Å². The van der Waals surface area contributed by atoms with Gasteiger partial charge in [0.05, 0.1) is 11.4 Å². The first-order valence-electron chi connectivity index (χ1n) is 6.97. The predicted octanol–water partition coefficient (Wildman–Crippen LogP) is 0.180. The fourth-order valence-corrected chi connectivity index (χ4v) is 3.46. The second-order valence-electron chi connectivity index (χ2n) is 5.38. The molecule has 1 fully saturated rings. The molecule has 1 atom stereocenters. The van der Waals surface area contributed by atoms with Gasteiger partial charge in [-0.3, -0.25) is 14.7 Å². The van der Waals surface area contributed by atoms with Crippen LogP contribution < -0.4 is 10.0 Å². The third kappa shape index (κ3) is 3.69. The van der Waals surface area contributed by atoms with E-state index in [0.29, 0.717) is 5.69 Å². The SMILES string of the molecule is NS(=O)(=O)CC1CC(=O)N(c2nccc(-c3ccncc3)n2)C1. The highest BCUT2D eigenvalue weighted by atomic mass is 32.2. The lowest BCUT2D eigenvalue weighted by Crippen LogP contribution is -2.28. The minimum Gasteiger partial charge on any atom is -0.280 e. The van der Waals surface area contributed by atoms with E-state index in [1.165, 1.54) is 4.90 Å². The van der Waals surface area contributed by atoms with Gasteiger partial charge in [0.15, 0.2) is 0 Å². The number of nitrogens with two attached hydrogens (primary N) is 1. The summed E-state index contributed by atoms with van der Waals surface area (Å²) in [7, 11) is -3.61. The number of anilines is 1. The summed E-state index contributed by atoms with van der Waals surface area (Å²) in [5.41, 5.74) is 1.52. The number of pyridine rings is 1.